The number of rotatable bonds is 1. The number of nitrogens with zero attached hydrogens (tertiary/aromatic N) is 2. The fourth-order valence-electron chi connectivity index (χ4n) is 1.93. The molecule has 1 fully saturated rings. The predicted molar refractivity (Wildman–Crippen MR) is 48.3 cm³/mol. The van der Waals surface area contributed by atoms with Gasteiger partial charge in [-0.1, -0.05) is 0 Å². The normalized spacial score (nSPS) is 27.1. The molecule has 1 aliphatic rings. The van der Waals surface area contributed by atoms with E-state index in [1.54, 1.807) is 12.3 Å². The molecule has 1 aromatic heterocycles. The molecule has 2 rings (SSSR count). The van der Waals surface area contributed by atoms with Gasteiger partial charge in [0.05, 0.1) is 0 Å². The molecule has 4 nitrogen and oxygen atoms in total. The predicted octanol–water partition coefficient (Wildman–Crippen LogP) is 1.03. The Morgan fingerprint density at radius 1 is 1.62 bits per heavy atom. The molecule has 1 saturated heterocycles. The molecule has 70 valence electrons. The standard InChI is InChI=1S/C9H13N3O/c1-6-5-7(2)12(6)9(13)8-3-4-10-11-8/h3-4,6-7H,5H2,1-2H3,(H,10,11). The van der Waals surface area contributed by atoms with Crippen molar-refractivity contribution < 1.29 is 4.79 Å². The largest absolute Gasteiger partial charge is 0.332 e. The van der Waals surface area contributed by atoms with Gasteiger partial charge >= 0.3 is 0 Å². The molecule has 2 atom stereocenters. The van der Waals surface area contributed by atoms with Crippen LogP contribution in [0.25, 0.3) is 0 Å². The van der Waals surface area contributed by atoms with E-state index in [2.05, 4.69) is 24.0 Å². The Kier molecular flexibility index (Phi) is 1.83. The monoisotopic (exact) mass is 179 g/mol. The lowest BCUT2D eigenvalue weighted by molar-refractivity contribution is 0.0260. The number of H-pyrrole nitrogens is 1. The summed E-state index contributed by atoms with van der Waals surface area (Å²) in [6.07, 6.45) is 2.70. The highest BCUT2D eigenvalue weighted by molar-refractivity contribution is 5.93. The summed E-state index contributed by atoms with van der Waals surface area (Å²) >= 11 is 0. The molecule has 13 heavy (non-hydrogen) atoms. The maximum atomic E-state index is 11.8. The Morgan fingerprint density at radius 3 is 2.77 bits per heavy atom. The van der Waals surface area contributed by atoms with Crippen molar-refractivity contribution in [1.29, 1.82) is 0 Å². The van der Waals surface area contributed by atoms with Gasteiger partial charge in [-0.3, -0.25) is 9.89 Å². The zero-order chi connectivity index (χ0) is 9.42. The van der Waals surface area contributed by atoms with Gasteiger partial charge in [0.25, 0.3) is 5.91 Å². The van der Waals surface area contributed by atoms with E-state index >= 15 is 0 Å². The van der Waals surface area contributed by atoms with Gasteiger partial charge in [-0.05, 0) is 26.3 Å². The number of amides is 1. The molecule has 0 aliphatic carbocycles. The van der Waals surface area contributed by atoms with Crippen molar-refractivity contribution in [2.45, 2.75) is 32.4 Å². The van der Waals surface area contributed by atoms with E-state index in [-0.39, 0.29) is 5.91 Å². The highest BCUT2D eigenvalue weighted by Crippen LogP contribution is 2.26. The van der Waals surface area contributed by atoms with E-state index < -0.39 is 0 Å². The lowest BCUT2D eigenvalue weighted by Crippen LogP contribution is -2.55. The van der Waals surface area contributed by atoms with Crippen LogP contribution in [0.1, 0.15) is 30.8 Å². The first-order valence-corrected chi connectivity index (χ1v) is 4.52. The fraction of sp³-hybridized carbons (Fsp3) is 0.556. The SMILES string of the molecule is CC1CC(C)N1C(=O)c1ccn[nH]1. The second-order valence-corrected chi connectivity index (χ2v) is 3.62. The summed E-state index contributed by atoms with van der Waals surface area (Å²) in [6, 6.07) is 2.44. The fourth-order valence-corrected chi connectivity index (χ4v) is 1.93. The Balaban J connectivity index is 2.14. The molecule has 2 unspecified atom stereocenters. The Labute approximate surface area is 76.9 Å². The molecule has 0 radical (unpaired) electrons. The van der Waals surface area contributed by atoms with Crippen LogP contribution in [0.3, 0.4) is 0 Å². The molecule has 1 aromatic rings. The Hall–Kier alpha value is -1.32. The van der Waals surface area contributed by atoms with Crippen LogP contribution in [0.15, 0.2) is 12.3 Å². The average molecular weight is 179 g/mol. The Bertz CT molecular complexity index is 299. The third-order valence-corrected chi connectivity index (χ3v) is 2.60. The zero-order valence-electron chi connectivity index (χ0n) is 7.82. The average Bonchev–Trinajstić information content (AvgIpc) is 2.55. The summed E-state index contributed by atoms with van der Waals surface area (Å²) in [5.41, 5.74) is 0.582. The van der Waals surface area contributed by atoms with E-state index in [1.807, 2.05) is 4.90 Å². The molecular weight excluding hydrogens is 166 g/mol. The third kappa shape index (κ3) is 1.22. The number of aromatic nitrogens is 2. The minimum Gasteiger partial charge on any atom is -0.332 e. The topological polar surface area (TPSA) is 49.0 Å². The van der Waals surface area contributed by atoms with Crippen LogP contribution in [0.2, 0.25) is 0 Å². The van der Waals surface area contributed by atoms with Crippen LogP contribution >= 0.6 is 0 Å². The second-order valence-electron chi connectivity index (χ2n) is 3.62. The summed E-state index contributed by atoms with van der Waals surface area (Å²) in [5, 5.41) is 6.45. The van der Waals surface area contributed by atoms with Crippen molar-refractivity contribution >= 4 is 5.91 Å². The highest BCUT2D eigenvalue weighted by atomic mass is 16.2. The van der Waals surface area contributed by atoms with Gasteiger partial charge in [0.2, 0.25) is 0 Å². The lowest BCUT2D eigenvalue weighted by atomic mass is 9.95. The summed E-state index contributed by atoms with van der Waals surface area (Å²) in [4.78, 5) is 13.6. The molecule has 0 spiro atoms. The van der Waals surface area contributed by atoms with Crippen LogP contribution < -0.4 is 0 Å². The number of aromatic amines is 1. The number of carbonyl (C=O) groups excluding carboxylic acids is 1. The molecule has 4 heteroatoms. The maximum Gasteiger partial charge on any atom is 0.272 e. The molecule has 1 aliphatic heterocycles. The van der Waals surface area contributed by atoms with Crippen molar-refractivity contribution in [1.82, 2.24) is 15.1 Å². The smallest absolute Gasteiger partial charge is 0.272 e. The first kappa shape index (κ1) is 8.29. The number of nitrogens with one attached hydrogen (secondary N) is 1. The molecule has 1 N–H and O–H groups in total. The van der Waals surface area contributed by atoms with E-state index in [1.165, 1.54) is 0 Å². The summed E-state index contributed by atoms with van der Waals surface area (Å²) < 4.78 is 0. The quantitative estimate of drug-likeness (QED) is 0.700. The second kappa shape index (κ2) is 2.87. The summed E-state index contributed by atoms with van der Waals surface area (Å²) in [7, 11) is 0. The molecular formula is C9H13N3O. The highest BCUT2D eigenvalue weighted by Gasteiger charge is 2.36. The van der Waals surface area contributed by atoms with Gasteiger partial charge in [-0.2, -0.15) is 5.10 Å². The van der Waals surface area contributed by atoms with Crippen molar-refractivity contribution in [3.05, 3.63) is 18.0 Å². The molecule has 0 aromatic carbocycles. The maximum absolute atomic E-state index is 11.8. The summed E-state index contributed by atoms with van der Waals surface area (Å²) in [5.74, 6) is 0.0590. The number of carbonyl (C=O) groups is 1. The van der Waals surface area contributed by atoms with Gasteiger partial charge in [-0.15, -0.1) is 0 Å². The van der Waals surface area contributed by atoms with E-state index in [0.29, 0.717) is 17.8 Å². The van der Waals surface area contributed by atoms with Gasteiger partial charge in [-0.25, -0.2) is 0 Å². The molecule has 0 bridgehead atoms. The number of hydrogen-bond acceptors (Lipinski definition) is 2. The van der Waals surface area contributed by atoms with Crippen LogP contribution in [0.5, 0.6) is 0 Å². The van der Waals surface area contributed by atoms with E-state index in [4.69, 9.17) is 0 Å². The first-order valence-electron chi connectivity index (χ1n) is 4.52. The Morgan fingerprint density at radius 2 is 2.31 bits per heavy atom. The minimum absolute atomic E-state index is 0.0590. The molecule has 0 saturated carbocycles. The van der Waals surface area contributed by atoms with Crippen molar-refractivity contribution in [2.24, 2.45) is 0 Å². The van der Waals surface area contributed by atoms with Crippen molar-refractivity contribution in [2.75, 3.05) is 0 Å². The lowest BCUT2D eigenvalue weighted by Gasteiger charge is -2.45. The van der Waals surface area contributed by atoms with Crippen LogP contribution in [-0.4, -0.2) is 33.1 Å². The van der Waals surface area contributed by atoms with E-state index in [0.717, 1.165) is 6.42 Å². The number of hydrogen-bond donors (Lipinski definition) is 1. The first-order chi connectivity index (χ1) is 6.20. The van der Waals surface area contributed by atoms with Crippen molar-refractivity contribution in [3.63, 3.8) is 0 Å². The zero-order valence-corrected chi connectivity index (χ0v) is 7.82. The van der Waals surface area contributed by atoms with Gasteiger partial charge in [0, 0.05) is 18.3 Å². The van der Waals surface area contributed by atoms with Gasteiger partial charge in [0.15, 0.2) is 0 Å². The van der Waals surface area contributed by atoms with Crippen molar-refractivity contribution in [3.8, 4) is 0 Å². The van der Waals surface area contributed by atoms with Gasteiger partial charge in [0.1, 0.15) is 5.69 Å². The van der Waals surface area contributed by atoms with Gasteiger partial charge < -0.3 is 4.90 Å². The molecule has 2 heterocycles. The third-order valence-electron chi connectivity index (χ3n) is 2.60. The molecule has 1 amide bonds. The van der Waals surface area contributed by atoms with Crippen LogP contribution in [0, 0.1) is 0 Å². The number of likely N-dealkylation sites (tertiary alicyclic amines) is 1. The van der Waals surface area contributed by atoms with E-state index in [9.17, 15) is 4.79 Å². The summed E-state index contributed by atoms with van der Waals surface area (Å²) in [6.45, 7) is 4.13. The minimum atomic E-state index is 0.0590. The van der Waals surface area contributed by atoms with Crippen LogP contribution in [-0.2, 0) is 0 Å². The van der Waals surface area contributed by atoms with Crippen LogP contribution in [0.4, 0.5) is 0 Å².